The van der Waals surface area contributed by atoms with E-state index in [0.29, 0.717) is 18.4 Å². The molecule has 38 heavy (non-hydrogen) atoms. The van der Waals surface area contributed by atoms with Crippen molar-refractivity contribution in [3.05, 3.63) is 60.2 Å². The Labute approximate surface area is 231 Å². The van der Waals surface area contributed by atoms with Gasteiger partial charge in [-0.2, -0.15) is 4.98 Å². The summed E-state index contributed by atoms with van der Waals surface area (Å²) in [5.74, 6) is 2.44. The van der Waals surface area contributed by atoms with Crippen LogP contribution < -0.4 is 18.7 Å². The molecule has 2 aromatic carbocycles. The van der Waals surface area contributed by atoms with Gasteiger partial charge in [0.1, 0.15) is 12.1 Å². The van der Waals surface area contributed by atoms with Crippen molar-refractivity contribution in [1.82, 2.24) is 19.9 Å². The minimum atomic E-state index is -0.261. The number of methoxy groups -OCH3 is 2. The van der Waals surface area contributed by atoms with Crippen LogP contribution in [0.15, 0.2) is 53.7 Å². The summed E-state index contributed by atoms with van der Waals surface area (Å²) in [4.78, 5) is 18.8. The van der Waals surface area contributed by atoms with E-state index in [9.17, 15) is 4.39 Å². The fourth-order valence-electron chi connectivity index (χ4n) is 3.79. The van der Waals surface area contributed by atoms with Crippen LogP contribution >= 0.6 is 11.9 Å². The molecule has 4 rings (SSSR count). The topological polar surface area (TPSA) is 66.9 Å². The van der Waals surface area contributed by atoms with Crippen LogP contribution in [0.4, 0.5) is 16.3 Å². The number of halogens is 1. The molecular weight excluding hydrogens is 503 g/mol. The number of piperazine rings is 1. The summed E-state index contributed by atoms with van der Waals surface area (Å²) < 4.78 is 26.3. The Bertz CT molecular complexity index is 1100. The highest BCUT2D eigenvalue weighted by Gasteiger charge is 2.21. The second-order valence-electron chi connectivity index (χ2n) is 7.78. The van der Waals surface area contributed by atoms with Crippen LogP contribution in [-0.2, 0) is 6.54 Å². The maximum Gasteiger partial charge on any atom is 0.240 e. The molecule has 1 aromatic heterocycles. The molecule has 0 amide bonds. The third-order valence-corrected chi connectivity index (χ3v) is 6.68. The van der Waals surface area contributed by atoms with Gasteiger partial charge in [-0.15, -0.1) is 0 Å². The van der Waals surface area contributed by atoms with Gasteiger partial charge in [0.05, 0.1) is 14.2 Å². The van der Waals surface area contributed by atoms with Gasteiger partial charge in [-0.3, -0.25) is 9.21 Å². The predicted octanol–water partition coefficient (Wildman–Crippen LogP) is 5.94. The van der Waals surface area contributed by atoms with Gasteiger partial charge in [0.2, 0.25) is 11.9 Å². The molecule has 1 aliphatic heterocycles. The highest BCUT2D eigenvalue weighted by atomic mass is 32.2. The van der Waals surface area contributed by atoms with Crippen molar-refractivity contribution in [3.8, 4) is 11.5 Å². The summed E-state index contributed by atoms with van der Waals surface area (Å²) in [6.07, 6.45) is 1.54. The standard InChI is InChI=1S/C24H29FN6O2S.2C2H6/c1-4-31(34-20-7-5-6-19(25)15-20)24-27-17-26-23(28-24)30-12-10-29(11-13-30)16-18-8-9-21(32-2)22(14-18)33-3;2*1-2/h5-9,14-15,17H,4,10-13,16H2,1-3H3;2*1-2H3. The Morgan fingerprint density at radius 3 is 2.26 bits per heavy atom. The minimum absolute atomic E-state index is 0.261. The highest BCUT2D eigenvalue weighted by Crippen LogP contribution is 2.29. The van der Waals surface area contributed by atoms with E-state index in [0.717, 1.165) is 49.1 Å². The van der Waals surface area contributed by atoms with E-state index in [1.165, 1.54) is 29.6 Å². The molecule has 0 unspecified atom stereocenters. The van der Waals surface area contributed by atoms with Crippen molar-refractivity contribution in [1.29, 1.82) is 0 Å². The number of rotatable bonds is 9. The zero-order chi connectivity index (χ0) is 27.9. The lowest BCUT2D eigenvalue weighted by atomic mass is 10.1. The monoisotopic (exact) mass is 544 g/mol. The quantitative estimate of drug-likeness (QED) is 0.305. The van der Waals surface area contributed by atoms with Gasteiger partial charge < -0.3 is 14.4 Å². The third kappa shape index (κ3) is 8.73. The summed E-state index contributed by atoms with van der Waals surface area (Å²) in [5, 5.41) is 0. The third-order valence-electron chi connectivity index (χ3n) is 5.58. The lowest BCUT2D eigenvalue weighted by molar-refractivity contribution is 0.248. The average Bonchev–Trinajstić information content (AvgIpc) is 2.98. The van der Waals surface area contributed by atoms with Crippen molar-refractivity contribution >= 4 is 23.8 Å². The van der Waals surface area contributed by atoms with E-state index in [-0.39, 0.29) is 5.82 Å². The number of ether oxygens (including phenoxy) is 2. The summed E-state index contributed by atoms with van der Waals surface area (Å²) in [5.41, 5.74) is 1.18. The smallest absolute Gasteiger partial charge is 0.240 e. The average molecular weight is 545 g/mol. The van der Waals surface area contributed by atoms with Crippen molar-refractivity contribution in [2.24, 2.45) is 0 Å². The first-order valence-corrected chi connectivity index (χ1v) is 13.9. The van der Waals surface area contributed by atoms with E-state index in [1.54, 1.807) is 26.6 Å². The number of hydrogen-bond donors (Lipinski definition) is 0. The number of anilines is 2. The molecule has 0 saturated carbocycles. The second kappa shape index (κ2) is 16.7. The molecule has 0 spiro atoms. The summed E-state index contributed by atoms with van der Waals surface area (Å²) >= 11 is 1.41. The highest BCUT2D eigenvalue weighted by molar-refractivity contribution is 8.00. The predicted molar refractivity (Wildman–Crippen MR) is 155 cm³/mol. The Kier molecular flexibility index (Phi) is 13.7. The van der Waals surface area contributed by atoms with Gasteiger partial charge >= 0.3 is 0 Å². The zero-order valence-electron chi connectivity index (χ0n) is 23.6. The fourth-order valence-corrected chi connectivity index (χ4v) is 4.65. The summed E-state index contributed by atoms with van der Waals surface area (Å²) in [6.45, 7) is 15.0. The summed E-state index contributed by atoms with van der Waals surface area (Å²) in [7, 11) is 3.29. The first-order valence-electron chi connectivity index (χ1n) is 13.2. The SMILES string of the molecule is CC.CC.CCN(Sc1cccc(F)c1)c1ncnc(N2CCN(Cc3ccc(OC)c(OC)c3)CC2)n1. The van der Waals surface area contributed by atoms with E-state index in [4.69, 9.17) is 14.5 Å². The van der Waals surface area contributed by atoms with Crippen molar-refractivity contribution in [2.75, 3.05) is 56.1 Å². The molecule has 1 aliphatic rings. The van der Waals surface area contributed by atoms with Gasteiger partial charge in [0, 0.05) is 44.2 Å². The van der Waals surface area contributed by atoms with Crippen LogP contribution in [0.5, 0.6) is 11.5 Å². The Balaban J connectivity index is 0.00000121. The number of aromatic nitrogens is 3. The van der Waals surface area contributed by atoms with Crippen molar-refractivity contribution < 1.29 is 13.9 Å². The lowest BCUT2D eigenvalue weighted by Gasteiger charge is -2.35. The van der Waals surface area contributed by atoms with E-state index >= 15 is 0 Å². The van der Waals surface area contributed by atoms with Crippen LogP contribution in [0.25, 0.3) is 0 Å². The first-order chi connectivity index (χ1) is 18.6. The Hall–Kier alpha value is -3.11. The van der Waals surface area contributed by atoms with Crippen LogP contribution in [0.3, 0.4) is 0 Å². The van der Waals surface area contributed by atoms with Gasteiger partial charge in [-0.25, -0.2) is 14.4 Å². The molecule has 0 aliphatic carbocycles. The molecule has 0 bridgehead atoms. The molecule has 208 valence electrons. The van der Waals surface area contributed by atoms with Crippen LogP contribution in [0.2, 0.25) is 0 Å². The largest absolute Gasteiger partial charge is 0.493 e. The Morgan fingerprint density at radius 1 is 0.921 bits per heavy atom. The van der Waals surface area contributed by atoms with Crippen LogP contribution in [-0.4, -0.2) is 66.8 Å². The first kappa shape index (κ1) is 31.1. The second-order valence-corrected chi connectivity index (χ2v) is 8.88. The molecule has 8 nitrogen and oxygen atoms in total. The molecular formula is C28H41FN6O2S. The molecule has 2 heterocycles. The van der Waals surface area contributed by atoms with E-state index in [1.807, 2.05) is 57.1 Å². The molecule has 1 fully saturated rings. The van der Waals surface area contributed by atoms with Gasteiger partial charge in [0.15, 0.2) is 11.5 Å². The van der Waals surface area contributed by atoms with E-state index in [2.05, 4.69) is 25.8 Å². The van der Waals surface area contributed by atoms with Gasteiger partial charge in [-0.1, -0.05) is 39.8 Å². The van der Waals surface area contributed by atoms with Gasteiger partial charge in [-0.05, 0) is 54.8 Å². The molecule has 1 saturated heterocycles. The van der Waals surface area contributed by atoms with Crippen LogP contribution in [0, 0.1) is 5.82 Å². The van der Waals surface area contributed by atoms with Gasteiger partial charge in [0.25, 0.3) is 0 Å². The van der Waals surface area contributed by atoms with Crippen molar-refractivity contribution in [2.45, 2.75) is 46.1 Å². The zero-order valence-corrected chi connectivity index (χ0v) is 24.5. The maximum absolute atomic E-state index is 13.6. The normalized spacial score (nSPS) is 13.0. The summed E-state index contributed by atoms with van der Waals surface area (Å²) in [6, 6.07) is 12.6. The number of hydrogen-bond acceptors (Lipinski definition) is 9. The fraction of sp³-hybridized carbons (Fsp3) is 0.464. The molecule has 10 heteroatoms. The minimum Gasteiger partial charge on any atom is -0.493 e. The van der Waals surface area contributed by atoms with E-state index < -0.39 is 0 Å². The maximum atomic E-state index is 13.6. The number of benzene rings is 2. The molecule has 0 atom stereocenters. The Morgan fingerprint density at radius 2 is 1.63 bits per heavy atom. The molecule has 3 aromatic rings. The van der Waals surface area contributed by atoms with Crippen LogP contribution in [0.1, 0.15) is 40.2 Å². The van der Waals surface area contributed by atoms with Crippen molar-refractivity contribution in [3.63, 3.8) is 0 Å². The number of nitrogens with zero attached hydrogens (tertiary/aromatic N) is 6. The molecule has 0 N–H and O–H groups in total. The molecule has 0 radical (unpaired) electrons. The lowest BCUT2D eigenvalue weighted by Crippen LogP contribution is -2.46.